The van der Waals surface area contributed by atoms with Crippen LogP contribution in [0.25, 0.3) is 0 Å². The molecule has 0 aliphatic carbocycles. The van der Waals surface area contributed by atoms with Crippen LogP contribution in [0.2, 0.25) is 0 Å². The maximum absolute atomic E-state index is 11.6. The van der Waals surface area contributed by atoms with Gasteiger partial charge in [-0.3, -0.25) is 0 Å². The van der Waals surface area contributed by atoms with Crippen molar-refractivity contribution >= 4 is 11.9 Å². The molecule has 2 atom stereocenters. The Bertz CT molecular complexity index is 283. The van der Waals surface area contributed by atoms with Gasteiger partial charge in [0, 0.05) is 0 Å². The molecule has 0 aliphatic heterocycles. The van der Waals surface area contributed by atoms with E-state index in [1.165, 1.54) is 6.92 Å². The molecule has 6 heteroatoms. The minimum Gasteiger partial charge on any atom is -0.479 e. The second-order valence-electron chi connectivity index (χ2n) is 4.60. The van der Waals surface area contributed by atoms with Crippen LogP contribution in [-0.2, 0) is 14.3 Å². The lowest BCUT2D eigenvalue weighted by Crippen LogP contribution is -2.64. The van der Waals surface area contributed by atoms with Gasteiger partial charge in [-0.1, -0.05) is 6.92 Å². The van der Waals surface area contributed by atoms with E-state index in [0.717, 1.165) is 0 Å². The molecule has 0 aromatic carbocycles. The molecule has 4 N–H and O–H groups in total. The molecule has 94 valence electrons. The molecule has 6 nitrogen and oxygen atoms in total. The highest BCUT2D eigenvalue weighted by molar-refractivity contribution is 6.04. The van der Waals surface area contributed by atoms with Gasteiger partial charge in [0.05, 0.1) is 6.10 Å². The molecular formula is C10H19NO5. The summed E-state index contributed by atoms with van der Waals surface area (Å²) in [6.45, 7) is 6.29. The number of carbonyl (C=O) groups is 2. The van der Waals surface area contributed by atoms with Crippen LogP contribution in [0.3, 0.4) is 0 Å². The topological polar surface area (TPSA) is 110 Å². The largest absolute Gasteiger partial charge is 0.479 e. The molecule has 0 aliphatic rings. The summed E-state index contributed by atoms with van der Waals surface area (Å²) in [7, 11) is 0. The van der Waals surface area contributed by atoms with Gasteiger partial charge >= 0.3 is 11.9 Å². The molecule has 0 rings (SSSR count). The van der Waals surface area contributed by atoms with Crippen molar-refractivity contribution < 1.29 is 24.5 Å². The molecule has 0 aromatic heterocycles. The quantitative estimate of drug-likeness (QED) is 0.461. The molecule has 0 heterocycles. The first-order valence-electron chi connectivity index (χ1n) is 4.99. The zero-order valence-corrected chi connectivity index (χ0v) is 9.98. The zero-order valence-electron chi connectivity index (χ0n) is 9.98. The highest BCUT2D eigenvalue weighted by Crippen LogP contribution is 2.18. The molecule has 0 fully saturated rings. The van der Waals surface area contributed by atoms with Gasteiger partial charge in [-0.15, -0.1) is 0 Å². The van der Waals surface area contributed by atoms with Crippen LogP contribution in [0.1, 0.15) is 34.1 Å². The first-order chi connectivity index (χ1) is 7.05. The third-order valence-electron chi connectivity index (χ3n) is 2.00. The van der Waals surface area contributed by atoms with E-state index in [-0.39, 0.29) is 6.42 Å². The van der Waals surface area contributed by atoms with Gasteiger partial charge in [0.2, 0.25) is 5.54 Å². The van der Waals surface area contributed by atoms with E-state index >= 15 is 0 Å². The first kappa shape index (κ1) is 14.9. The normalized spacial score (nSPS) is 17.4. The minimum atomic E-state index is -2.41. The van der Waals surface area contributed by atoms with Gasteiger partial charge in [0.1, 0.15) is 5.60 Å². The molecular weight excluding hydrogens is 214 g/mol. The molecule has 0 saturated carbocycles. The van der Waals surface area contributed by atoms with Gasteiger partial charge in [0.15, 0.2) is 0 Å². The van der Waals surface area contributed by atoms with Crippen molar-refractivity contribution in [2.45, 2.75) is 51.4 Å². The fraction of sp³-hybridized carbons (Fsp3) is 0.800. The Morgan fingerprint density at radius 2 is 1.81 bits per heavy atom. The van der Waals surface area contributed by atoms with Crippen LogP contribution in [-0.4, -0.2) is 39.4 Å². The number of hydrogen-bond donors (Lipinski definition) is 3. The molecule has 0 radical (unpaired) electrons. The van der Waals surface area contributed by atoms with E-state index in [1.54, 1.807) is 20.8 Å². The molecule has 0 saturated heterocycles. The van der Waals surface area contributed by atoms with E-state index in [0.29, 0.717) is 0 Å². The van der Waals surface area contributed by atoms with Crippen molar-refractivity contribution in [1.29, 1.82) is 0 Å². The maximum atomic E-state index is 11.6. The summed E-state index contributed by atoms with van der Waals surface area (Å²) in [6.07, 6.45) is -1.44. The van der Waals surface area contributed by atoms with Gasteiger partial charge in [0.25, 0.3) is 0 Å². The number of carbonyl (C=O) groups excluding carboxylic acids is 1. The Morgan fingerprint density at radius 1 is 1.38 bits per heavy atom. The van der Waals surface area contributed by atoms with Crippen LogP contribution in [0.4, 0.5) is 0 Å². The van der Waals surface area contributed by atoms with Crippen molar-refractivity contribution in [3.8, 4) is 0 Å². The summed E-state index contributed by atoms with van der Waals surface area (Å²) in [6, 6.07) is 0. The SMILES string of the molecule is CCC(O)C(N)(C(=O)O)C(=O)OC(C)(C)C. The highest BCUT2D eigenvalue weighted by atomic mass is 16.6. The predicted molar refractivity (Wildman–Crippen MR) is 56.7 cm³/mol. The van der Waals surface area contributed by atoms with Crippen molar-refractivity contribution in [1.82, 2.24) is 0 Å². The van der Waals surface area contributed by atoms with E-state index in [9.17, 15) is 14.7 Å². The molecule has 2 unspecified atom stereocenters. The fourth-order valence-corrected chi connectivity index (χ4v) is 1.05. The number of carboxylic acid groups (broad SMARTS) is 1. The lowest BCUT2D eigenvalue weighted by atomic mass is 9.91. The van der Waals surface area contributed by atoms with Crippen LogP contribution in [0, 0.1) is 0 Å². The number of aliphatic carboxylic acids is 1. The summed E-state index contributed by atoms with van der Waals surface area (Å²) in [5, 5.41) is 18.4. The Hall–Kier alpha value is -1.14. The lowest BCUT2D eigenvalue weighted by molar-refractivity contribution is -0.175. The second-order valence-corrected chi connectivity index (χ2v) is 4.60. The van der Waals surface area contributed by atoms with Crippen molar-refractivity contribution in [3.05, 3.63) is 0 Å². The van der Waals surface area contributed by atoms with Gasteiger partial charge < -0.3 is 20.7 Å². The van der Waals surface area contributed by atoms with Gasteiger partial charge in [-0.05, 0) is 27.2 Å². The van der Waals surface area contributed by atoms with Crippen LogP contribution in [0.5, 0.6) is 0 Å². The Kier molecular flexibility index (Phi) is 4.45. The number of carboxylic acids is 1. The Labute approximate surface area is 94.4 Å². The van der Waals surface area contributed by atoms with E-state index in [2.05, 4.69) is 0 Å². The minimum absolute atomic E-state index is 0.0437. The monoisotopic (exact) mass is 233 g/mol. The van der Waals surface area contributed by atoms with Crippen LogP contribution < -0.4 is 5.73 Å². The number of rotatable bonds is 4. The highest BCUT2D eigenvalue weighted by Gasteiger charge is 2.50. The predicted octanol–water partition coefficient (Wildman–Crippen LogP) is -0.119. The molecule has 0 aromatic rings. The van der Waals surface area contributed by atoms with Crippen molar-refractivity contribution in [3.63, 3.8) is 0 Å². The van der Waals surface area contributed by atoms with E-state index < -0.39 is 29.2 Å². The number of ether oxygens (including phenoxy) is 1. The molecule has 0 spiro atoms. The summed E-state index contributed by atoms with van der Waals surface area (Å²) in [5.74, 6) is -2.74. The van der Waals surface area contributed by atoms with Crippen molar-refractivity contribution in [2.24, 2.45) is 5.73 Å². The first-order valence-corrected chi connectivity index (χ1v) is 4.99. The number of aliphatic hydroxyl groups is 1. The van der Waals surface area contributed by atoms with E-state index in [4.69, 9.17) is 15.6 Å². The van der Waals surface area contributed by atoms with Gasteiger partial charge in [-0.2, -0.15) is 0 Å². The summed E-state index contributed by atoms with van der Waals surface area (Å²) < 4.78 is 4.88. The fourth-order valence-electron chi connectivity index (χ4n) is 1.05. The average molecular weight is 233 g/mol. The van der Waals surface area contributed by atoms with E-state index in [1.807, 2.05) is 0 Å². The van der Waals surface area contributed by atoms with Crippen molar-refractivity contribution in [2.75, 3.05) is 0 Å². The zero-order chi connectivity index (χ0) is 13.1. The third kappa shape index (κ3) is 3.18. The number of esters is 1. The summed E-state index contributed by atoms with van der Waals surface area (Å²) in [5.41, 5.74) is 2.15. The lowest BCUT2D eigenvalue weighted by Gasteiger charge is -2.30. The van der Waals surface area contributed by atoms with Crippen LogP contribution >= 0.6 is 0 Å². The average Bonchev–Trinajstić information content (AvgIpc) is 2.11. The smallest absolute Gasteiger partial charge is 0.341 e. The Morgan fingerprint density at radius 3 is 2.06 bits per heavy atom. The number of aliphatic hydroxyl groups excluding tert-OH is 1. The summed E-state index contributed by atoms with van der Waals surface area (Å²) >= 11 is 0. The molecule has 16 heavy (non-hydrogen) atoms. The standard InChI is InChI=1S/C10H19NO5/c1-5-6(12)10(11,7(13)14)8(15)16-9(2,3)4/h6,12H,5,11H2,1-4H3,(H,13,14). The summed E-state index contributed by atoms with van der Waals surface area (Å²) in [4.78, 5) is 22.6. The number of nitrogens with two attached hydrogens (primary N) is 1. The maximum Gasteiger partial charge on any atom is 0.341 e. The molecule has 0 bridgehead atoms. The van der Waals surface area contributed by atoms with Crippen LogP contribution in [0.15, 0.2) is 0 Å². The Balaban J connectivity index is 5.08. The third-order valence-corrected chi connectivity index (χ3v) is 2.00. The number of hydrogen-bond acceptors (Lipinski definition) is 5. The van der Waals surface area contributed by atoms with Gasteiger partial charge in [-0.25, -0.2) is 9.59 Å². The molecule has 0 amide bonds. The second kappa shape index (κ2) is 4.80.